The van der Waals surface area contributed by atoms with Crippen LogP contribution < -0.4 is 9.62 Å². The lowest BCUT2D eigenvalue weighted by Gasteiger charge is -2.24. The molecule has 0 unspecified atom stereocenters. The fourth-order valence-corrected chi connectivity index (χ4v) is 4.29. The van der Waals surface area contributed by atoms with Crippen LogP contribution in [0.15, 0.2) is 83.8 Å². The van der Waals surface area contributed by atoms with E-state index < -0.39 is 28.3 Å². The van der Waals surface area contributed by atoms with Gasteiger partial charge in [-0.15, -0.1) is 0 Å². The van der Waals surface area contributed by atoms with Gasteiger partial charge < -0.3 is 5.32 Å². The van der Waals surface area contributed by atoms with Gasteiger partial charge in [0.2, 0.25) is 5.91 Å². The highest BCUT2D eigenvalue weighted by Crippen LogP contribution is 2.24. The highest BCUT2D eigenvalue weighted by molar-refractivity contribution is 14.1. The summed E-state index contributed by atoms with van der Waals surface area (Å²) >= 11 is 2.15. The molecule has 5 nitrogen and oxygen atoms in total. The first kappa shape index (κ1) is 20.3. The van der Waals surface area contributed by atoms with Gasteiger partial charge in [0.1, 0.15) is 12.4 Å². The first-order valence-electron chi connectivity index (χ1n) is 8.25. The van der Waals surface area contributed by atoms with Gasteiger partial charge in [-0.05, 0) is 83.3 Å². The molecule has 144 valence electrons. The summed E-state index contributed by atoms with van der Waals surface area (Å²) in [5, 5.41) is 2.69. The van der Waals surface area contributed by atoms with E-state index in [9.17, 15) is 17.6 Å². The van der Waals surface area contributed by atoms with Crippen LogP contribution in [0.2, 0.25) is 0 Å². The van der Waals surface area contributed by atoms with Gasteiger partial charge in [0.05, 0.1) is 10.6 Å². The van der Waals surface area contributed by atoms with Crippen LogP contribution >= 0.6 is 22.6 Å². The minimum absolute atomic E-state index is 0.0974. The third-order valence-electron chi connectivity index (χ3n) is 3.86. The van der Waals surface area contributed by atoms with Crippen LogP contribution in [0.5, 0.6) is 0 Å². The van der Waals surface area contributed by atoms with Crippen LogP contribution in [0.4, 0.5) is 15.8 Å². The van der Waals surface area contributed by atoms with E-state index in [1.807, 2.05) is 12.1 Å². The van der Waals surface area contributed by atoms with Crippen LogP contribution in [-0.2, 0) is 14.8 Å². The van der Waals surface area contributed by atoms with E-state index in [-0.39, 0.29) is 4.90 Å². The Morgan fingerprint density at radius 3 is 2.14 bits per heavy atom. The van der Waals surface area contributed by atoms with Crippen molar-refractivity contribution in [2.24, 2.45) is 0 Å². The summed E-state index contributed by atoms with van der Waals surface area (Å²) in [6.07, 6.45) is 0. The van der Waals surface area contributed by atoms with E-state index in [2.05, 4.69) is 27.9 Å². The lowest BCUT2D eigenvalue weighted by atomic mass is 10.3. The quantitative estimate of drug-likeness (QED) is 0.504. The van der Waals surface area contributed by atoms with Gasteiger partial charge in [0.25, 0.3) is 10.0 Å². The fraction of sp³-hybridized carbons (Fsp3) is 0.0500. The highest BCUT2D eigenvalue weighted by atomic mass is 127. The van der Waals surface area contributed by atoms with E-state index >= 15 is 0 Å². The number of carbonyl (C=O) groups is 1. The van der Waals surface area contributed by atoms with Crippen molar-refractivity contribution in [2.75, 3.05) is 16.2 Å². The van der Waals surface area contributed by atoms with Gasteiger partial charge in [-0.2, -0.15) is 0 Å². The number of carbonyl (C=O) groups excluding carboxylic acids is 1. The number of nitrogens with one attached hydrogen (secondary N) is 1. The Morgan fingerprint density at radius 1 is 0.929 bits per heavy atom. The maximum atomic E-state index is 13.2. The second-order valence-corrected chi connectivity index (χ2v) is 8.96. The average Bonchev–Trinajstić information content (AvgIpc) is 2.69. The molecule has 0 saturated carbocycles. The minimum atomic E-state index is -4.06. The standard InChI is InChI=1S/C20H16FIN2O3S/c21-15-6-12-19(13-7-15)28(26,27)24(18-4-2-1-3-5-18)14-20(25)23-17-10-8-16(22)9-11-17/h1-13H,14H2,(H,23,25). The van der Waals surface area contributed by atoms with Crippen LogP contribution in [0.25, 0.3) is 0 Å². The summed E-state index contributed by atoms with van der Waals surface area (Å²) in [5.74, 6) is -1.03. The van der Waals surface area contributed by atoms with Crippen molar-refractivity contribution in [1.82, 2.24) is 0 Å². The number of anilines is 2. The van der Waals surface area contributed by atoms with Crippen LogP contribution in [0.3, 0.4) is 0 Å². The van der Waals surface area contributed by atoms with Crippen LogP contribution in [-0.4, -0.2) is 20.9 Å². The van der Waals surface area contributed by atoms with Crippen LogP contribution in [0, 0.1) is 9.39 Å². The number of hydrogen-bond donors (Lipinski definition) is 1. The van der Waals surface area contributed by atoms with Gasteiger partial charge in [-0.3, -0.25) is 9.10 Å². The molecule has 1 N–H and O–H groups in total. The van der Waals surface area contributed by atoms with E-state index in [1.165, 1.54) is 12.1 Å². The van der Waals surface area contributed by atoms with Gasteiger partial charge in [-0.1, -0.05) is 18.2 Å². The number of amides is 1. The summed E-state index contributed by atoms with van der Waals surface area (Å²) < 4.78 is 41.4. The zero-order valence-corrected chi connectivity index (χ0v) is 17.5. The summed E-state index contributed by atoms with van der Waals surface area (Å²) in [6, 6.07) is 19.9. The molecule has 28 heavy (non-hydrogen) atoms. The smallest absolute Gasteiger partial charge is 0.264 e. The van der Waals surface area contributed by atoms with Crippen molar-refractivity contribution >= 4 is 49.9 Å². The number of benzene rings is 3. The Kier molecular flexibility index (Phi) is 6.30. The second kappa shape index (κ2) is 8.70. The molecule has 0 aliphatic heterocycles. The summed E-state index contributed by atoms with van der Waals surface area (Å²) in [5.41, 5.74) is 0.905. The summed E-state index contributed by atoms with van der Waals surface area (Å²) in [7, 11) is -4.06. The molecule has 1 amide bonds. The maximum absolute atomic E-state index is 13.2. The van der Waals surface area contributed by atoms with Gasteiger partial charge in [0.15, 0.2) is 0 Å². The van der Waals surface area contributed by atoms with Crippen LogP contribution in [0.1, 0.15) is 0 Å². The van der Waals surface area contributed by atoms with Crippen molar-refractivity contribution in [2.45, 2.75) is 4.90 Å². The number of halogens is 2. The van der Waals surface area contributed by atoms with E-state index in [0.29, 0.717) is 11.4 Å². The predicted octanol–water partition coefficient (Wildman–Crippen LogP) is 4.26. The summed E-state index contributed by atoms with van der Waals surface area (Å²) in [6.45, 7) is -0.421. The molecular weight excluding hydrogens is 494 g/mol. The molecule has 0 bridgehead atoms. The Labute approximate surface area is 176 Å². The Hall–Kier alpha value is -2.46. The molecule has 0 aliphatic carbocycles. The molecule has 0 fully saturated rings. The monoisotopic (exact) mass is 510 g/mol. The van der Waals surface area contributed by atoms with Crippen molar-refractivity contribution < 1.29 is 17.6 Å². The van der Waals surface area contributed by atoms with Gasteiger partial charge >= 0.3 is 0 Å². The second-order valence-electron chi connectivity index (χ2n) is 5.86. The number of nitrogens with zero attached hydrogens (tertiary/aromatic N) is 1. The SMILES string of the molecule is O=C(CN(c1ccccc1)S(=O)(=O)c1ccc(F)cc1)Nc1ccc(I)cc1. The zero-order chi connectivity index (χ0) is 20.1. The lowest BCUT2D eigenvalue weighted by Crippen LogP contribution is -2.38. The molecule has 0 heterocycles. The zero-order valence-electron chi connectivity index (χ0n) is 14.5. The number of hydrogen-bond acceptors (Lipinski definition) is 3. The third kappa shape index (κ3) is 4.87. The highest BCUT2D eigenvalue weighted by Gasteiger charge is 2.27. The molecule has 3 aromatic carbocycles. The largest absolute Gasteiger partial charge is 0.325 e. The first-order chi connectivity index (χ1) is 13.4. The minimum Gasteiger partial charge on any atom is -0.325 e. The number of sulfonamides is 1. The first-order valence-corrected chi connectivity index (χ1v) is 10.8. The molecule has 0 radical (unpaired) electrons. The summed E-state index contributed by atoms with van der Waals surface area (Å²) in [4.78, 5) is 12.4. The van der Waals surface area contributed by atoms with E-state index in [4.69, 9.17) is 0 Å². The number of rotatable bonds is 6. The predicted molar refractivity (Wildman–Crippen MR) is 115 cm³/mol. The molecule has 0 atom stereocenters. The van der Waals surface area contributed by atoms with E-state index in [0.717, 1.165) is 20.0 Å². The van der Waals surface area contributed by atoms with Crippen molar-refractivity contribution in [3.05, 3.63) is 88.3 Å². The Bertz CT molecular complexity index is 1060. The normalized spacial score (nSPS) is 11.1. The molecule has 3 rings (SSSR count). The molecule has 3 aromatic rings. The topological polar surface area (TPSA) is 66.5 Å². The maximum Gasteiger partial charge on any atom is 0.264 e. The van der Waals surface area contributed by atoms with Gasteiger partial charge in [-0.25, -0.2) is 12.8 Å². The molecule has 0 spiro atoms. The average molecular weight is 510 g/mol. The van der Waals surface area contributed by atoms with Crippen molar-refractivity contribution in [3.63, 3.8) is 0 Å². The van der Waals surface area contributed by atoms with Crippen molar-refractivity contribution in [1.29, 1.82) is 0 Å². The third-order valence-corrected chi connectivity index (χ3v) is 6.37. The Balaban J connectivity index is 1.90. The molecule has 0 aliphatic rings. The lowest BCUT2D eigenvalue weighted by molar-refractivity contribution is -0.114. The molecule has 0 saturated heterocycles. The van der Waals surface area contributed by atoms with Crippen molar-refractivity contribution in [3.8, 4) is 0 Å². The van der Waals surface area contributed by atoms with Gasteiger partial charge in [0, 0.05) is 9.26 Å². The molecular formula is C20H16FIN2O3S. The van der Waals surface area contributed by atoms with E-state index in [1.54, 1.807) is 42.5 Å². The molecule has 0 aromatic heterocycles. The molecule has 8 heteroatoms. The number of para-hydroxylation sites is 1. The fourth-order valence-electron chi connectivity index (χ4n) is 2.51. The Morgan fingerprint density at radius 2 is 1.54 bits per heavy atom.